The number of carboxylic acids is 1. The molecule has 0 amide bonds. The number of anilines is 1. The van der Waals surface area contributed by atoms with Gasteiger partial charge in [-0.15, -0.1) is 0 Å². The van der Waals surface area contributed by atoms with Crippen molar-refractivity contribution in [2.45, 2.75) is 31.7 Å². The Morgan fingerprint density at radius 2 is 2.25 bits per heavy atom. The number of aromatic nitrogens is 1. The summed E-state index contributed by atoms with van der Waals surface area (Å²) in [5.74, 6) is -0.196. The first-order valence-electron chi connectivity index (χ1n) is 7.23. The van der Waals surface area contributed by atoms with Crippen molar-refractivity contribution in [3.05, 3.63) is 22.9 Å². The molecule has 1 aliphatic heterocycles. The van der Waals surface area contributed by atoms with Gasteiger partial charge in [0.05, 0.1) is 0 Å². The Morgan fingerprint density at radius 3 is 2.90 bits per heavy atom. The zero-order chi connectivity index (χ0) is 14.3. The minimum absolute atomic E-state index is 0.366. The molecule has 108 valence electrons. The van der Waals surface area contributed by atoms with Gasteiger partial charge in [0.15, 0.2) is 0 Å². The second-order valence-electron chi connectivity index (χ2n) is 5.98. The molecule has 3 rings (SSSR count). The first-order chi connectivity index (χ1) is 9.56. The molecular formula is C15H21N3O2. The normalized spacial score (nSPS) is 21.6. The Bertz CT molecular complexity index is 542. The van der Waals surface area contributed by atoms with Crippen molar-refractivity contribution in [2.75, 3.05) is 32.1 Å². The first kappa shape index (κ1) is 13.4. The van der Waals surface area contributed by atoms with E-state index < -0.39 is 5.97 Å². The lowest BCUT2D eigenvalue weighted by atomic mass is 10.1. The van der Waals surface area contributed by atoms with Gasteiger partial charge in [-0.2, -0.15) is 0 Å². The molecule has 0 aromatic carbocycles. The van der Waals surface area contributed by atoms with Crippen molar-refractivity contribution in [3.8, 4) is 0 Å². The number of carboxylic acid groups (broad SMARTS) is 1. The summed E-state index contributed by atoms with van der Waals surface area (Å²) in [6, 6.07) is 2.32. The van der Waals surface area contributed by atoms with Crippen molar-refractivity contribution < 1.29 is 9.90 Å². The van der Waals surface area contributed by atoms with Gasteiger partial charge in [-0.05, 0) is 51.4 Å². The standard InChI is InChI=1S/C15H21N3O2/c1-17(2)11-6-7-18(9-11)14-12(15(19)20)8-10-4-3-5-13(10)16-14/h8,11H,3-7,9H2,1-2H3,(H,19,20). The summed E-state index contributed by atoms with van der Waals surface area (Å²) >= 11 is 0. The van der Waals surface area contributed by atoms with Crippen molar-refractivity contribution in [1.29, 1.82) is 0 Å². The van der Waals surface area contributed by atoms with E-state index in [2.05, 4.69) is 28.9 Å². The lowest BCUT2D eigenvalue weighted by Gasteiger charge is -2.22. The van der Waals surface area contributed by atoms with E-state index in [0.717, 1.165) is 50.0 Å². The Kier molecular flexibility index (Phi) is 3.38. The highest BCUT2D eigenvalue weighted by atomic mass is 16.4. The van der Waals surface area contributed by atoms with Gasteiger partial charge in [-0.3, -0.25) is 0 Å². The van der Waals surface area contributed by atoms with Crippen LogP contribution < -0.4 is 4.90 Å². The highest BCUT2D eigenvalue weighted by Gasteiger charge is 2.29. The highest BCUT2D eigenvalue weighted by Crippen LogP contribution is 2.29. The molecule has 1 saturated heterocycles. The fraction of sp³-hybridized carbons (Fsp3) is 0.600. The molecule has 1 unspecified atom stereocenters. The largest absolute Gasteiger partial charge is 0.478 e. The van der Waals surface area contributed by atoms with Crippen LogP contribution in [0.15, 0.2) is 6.07 Å². The molecule has 0 bridgehead atoms. The number of carbonyl (C=O) groups is 1. The lowest BCUT2D eigenvalue weighted by Crippen LogP contribution is -2.32. The van der Waals surface area contributed by atoms with Gasteiger partial charge in [0.1, 0.15) is 11.4 Å². The SMILES string of the molecule is CN(C)C1CCN(c2nc3c(cc2C(=O)O)CCC3)C1. The molecule has 20 heavy (non-hydrogen) atoms. The summed E-state index contributed by atoms with van der Waals surface area (Å²) in [7, 11) is 4.14. The van der Waals surface area contributed by atoms with Gasteiger partial charge < -0.3 is 14.9 Å². The molecule has 1 aromatic rings. The van der Waals surface area contributed by atoms with Gasteiger partial charge in [-0.1, -0.05) is 0 Å². The number of nitrogens with zero attached hydrogens (tertiary/aromatic N) is 3. The molecule has 1 aromatic heterocycles. The summed E-state index contributed by atoms with van der Waals surface area (Å²) in [6.07, 6.45) is 4.09. The van der Waals surface area contributed by atoms with Crippen LogP contribution in [0.5, 0.6) is 0 Å². The third kappa shape index (κ3) is 2.26. The van der Waals surface area contributed by atoms with E-state index >= 15 is 0 Å². The summed E-state index contributed by atoms with van der Waals surface area (Å²) in [5, 5.41) is 9.46. The summed E-state index contributed by atoms with van der Waals surface area (Å²) in [5.41, 5.74) is 2.58. The molecule has 0 saturated carbocycles. The molecule has 0 radical (unpaired) electrons. The van der Waals surface area contributed by atoms with E-state index in [1.807, 2.05) is 6.07 Å². The minimum atomic E-state index is -0.865. The zero-order valence-electron chi connectivity index (χ0n) is 12.1. The van der Waals surface area contributed by atoms with Crippen LogP contribution in [0.3, 0.4) is 0 Å². The number of hydrogen-bond acceptors (Lipinski definition) is 4. The number of pyridine rings is 1. The third-order valence-electron chi connectivity index (χ3n) is 4.45. The second kappa shape index (κ2) is 5.05. The fourth-order valence-electron chi connectivity index (χ4n) is 3.22. The molecule has 5 nitrogen and oxygen atoms in total. The maximum atomic E-state index is 11.5. The predicted octanol–water partition coefficient (Wildman–Crippen LogP) is 1.41. The van der Waals surface area contributed by atoms with Crippen molar-refractivity contribution >= 4 is 11.8 Å². The number of aryl methyl sites for hydroxylation is 2. The Labute approximate surface area is 119 Å². The first-order valence-corrected chi connectivity index (χ1v) is 7.23. The van der Waals surface area contributed by atoms with Gasteiger partial charge in [0.25, 0.3) is 0 Å². The summed E-state index contributed by atoms with van der Waals surface area (Å²) in [6.45, 7) is 1.74. The second-order valence-corrected chi connectivity index (χ2v) is 5.98. The maximum Gasteiger partial charge on any atom is 0.339 e. The summed E-state index contributed by atoms with van der Waals surface area (Å²) in [4.78, 5) is 20.5. The Morgan fingerprint density at radius 1 is 1.45 bits per heavy atom. The highest BCUT2D eigenvalue weighted by molar-refractivity contribution is 5.93. The smallest absolute Gasteiger partial charge is 0.339 e. The minimum Gasteiger partial charge on any atom is -0.478 e. The monoisotopic (exact) mass is 275 g/mol. The predicted molar refractivity (Wildman–Crippen MR) is 77.5 cm³/mol. The van der Waals surface area contributed by atoms with E-state index in [-0.39, 0.29) is 0 Å². The average Bonchev–Trinajstić information content (AvgIpc) is 3.05. The molecule has 2 aliphatic rings. The molecule has 1 atom stereocenters. The van der Waals surface area contributed by atoms with E-state index in [1.54, 1.807) is 0 Å². The molecular weight excluding hydrogens is 254 g/mol. The molecule has 1 aliphatic carbocycles. The van der Waals surface area contributed by atoms with E-state index in [0.29, 0.717) is 17.4 Å². The molecule has 1 fully saturated rings. The molecule has 5 heteroatoms. The van der Waals surface area contributed by atoms with Gasteiger partial charge in [0.2, 0.25) is 0 Å². The van der Waals surface area contributed by atoms with Gasteiger partial charge in [-0.25, -0.2) is 9.78 Å². The number of rotatable bonds is 3. The number of aromatic carboxylic acids is 1. The molecule has 1 N–H and O–H groups in total. The Balaban J connectivity index is 1.94. The van der Waals surface area contributed by atoms with Gasteiger partial charge in [0, 0.05) is 24.8 Å². The van der Waals surface area contributed by atoms with Crippen molar-refractivity contribution in [2.24, 2.45) is 0 Å². The van der Waals surface area contributed by atoms with Crippen LogP contribution in [0.4, 0.5) is 5.82 Å². The fourth-order valence-corrected chi connectivity index (χ4v) is 3.22. The summed E-state index contributed by atoms with van der Waals surface area (Å²) < 4.78 is 0. The van der Waals surface area contributed by atoms with Crippen LogP contribution in [0.2, 0.25) is 0 Å². The van der Waals surface area contributed by atoms with E-state index in [4.69, 9.17) is 0 Å². The van der Waals surface area contributed by atoms with Crippen molar-refractivity contribution in [1.82, 2.24) is 9.88 Å². The van der Waals surface area contributed by atoms with Crippen LogP contribution in [0.1, 0.15) is 34.5 Å². The van der Waals surface area contributed by atoms with Crippen molar-refractivity contribution in [3.63, 3.8) is 0 Å². The zero-order valence-corrected chi connectivity index (χ0v) is 12.1. The quantitative estimate of drug-likeness (QED) is 0.904. The average molecular weight is 275 g/mol. The third-order valence-corrected chi connectivity index (χ3v) is 4.45. The number of likely N-dealkylation sites (N-methyl/N-ethyl adjacent to an activating group) is 1. The molecule has 2 heterocycles. The Hall–Kier alpha value is -1.62. The van der Waals surface area contributed by atoms with Crippen LogP contribution in [-0.2, 0) is 12.8 Å². The van der Waals surface area contributed by atoms with Crippen LogP contribution in [0, 0.1) is 0 Å². The van der Waals surface area contributed by atoms with Crippen LogP contribution >= 0.6 is 0 Å². The topological polar surface area (TPSA) is 56.7 Å². The number of fused-ring (bicyclic) bond motifs is 1. The van der Waals surface area contributed by atoms with E-state index in [9.17, 15) is 9.90 Å². The van der Waals surface area contributed by atoms with Gasteiger partial charge >= 0.3 is 5.97 Å². The van der Waals surface area contributed by atoms with E-state index in [1.165, 1.54) is 0 Å². The number of hydrogen-bond donors (Lipinski definition) is 1. The van der Waals surface area contributed by atoms with Crippen LogP contribution in [0.25, 0.3) is 0 Å². The lowest BCUT2D eigenvalue weighted by molar-refractivity contribution is 0.0697. The molecule has 0 spiro atoms. The maximum absolute atomic E-state index is 11.5. The van der Waals surface area contributed by atoms with Crippen LogP contribution in [-0.4, -0.2) is 54.2 Å².